The summed E-state index contributed by atoms with van der Waals surface area (Å²) in [6.07, 6.45) is 45.9. The third-order valence-electron chi connectivity index (χ3n) is 20.3. The zero-order valence-corrected chi connectivity index (χ0v) is 62.6. The van der Waals surface area contributed by atoms with Crippen LogP contribution in [-0.4, -0.2) is 72.1 Å². The largest absolute Gasteiger partial charge is 0.491 e. The first kappa shape index (κ1) is 80.7. The van der Waals surface area contributed by atoms with Gasteiger partial charge in [-0.2, -0.15) is 0 Å². The molecule has 0 unspecified atom stereocenters. The molecule has 0 spiro atoms. The number of rotatable bonds is 12. The van der Waals surface area contributed by atoms with Crippen LogP contribution in [0.15, 0.2) is 207 Å². The van der Waals surface area contributed by atoms with Gasteiger partial charge < -0.3 is 47.8 Å². The van der Waals surface area contributed by atoms with Crippen molar-refractivity contribution in [2.45, 2.75) is 142 Å². The minimum Gasteiger partial charge on any atom is -0.473 e. The first-order valence-electron chi connectivity index (χ1n) is 37.0. The smallest absolute Gasteiger partial charge is 0.473 e. The van der Waals surface area contributed by atoms with E-state index in [4.69, 9.17) is 18.9 Å². The molecule has 6 N–H and O–H groups in total. The Labute approximate surface area is 652 Å². The normalized spacial score (nSPS) is 14.6. The number of aromatic amines is 4. The summed E-state index contributed by atoms with van der Waals surface area (Å²) in [7, 11) is 0.551. The number of nitro benzene ring substituents is 5. The minimum atomic E-state index is -1.41. The van der Waals surface area contributed by atoms with Crippen LogP contribution >= 0.6 is 15.9 Å². The Kier molecular flexibility index (Phi) is 27.3. The number of halogens is 1. The molecule has 1 fully saturated rings. The molecule has 0 saturated heterocycles. The van der Waals surface area contributed by atoms with Crippen LogP contribution in [0.25, 0.3) is 99.3 Å². The molecule has 0 radical (unpaired) electrons. The average Bonchev–Trinajstić information content (AvgIpc) is 1.59. The maximum Gasteiger partial charge on any atom is 0.491 e. The molecule has 1 saturated carbocycles. The average molecular weight is 1580 g/mol. The van der Waals surface area contributed by atoms with Crippen molar-refractivity contribution in [2.24, 2.45) is 7.05 Å². The van der Waals surface area contributed by atoms with Crippen molar-refractivity contribution in [2.75, 3.05) is 0 Å². The van der Waals surface area contributed by atoms with Crippen LogP contribution in [-0.2, 0) is 11.8 Å². The topological polar surface area (TPSA) is 381 Å². The molecule has 112 heavy (non-hydrogen) atoms. The number of non-ortho nitro benzene ring substituents is 5. The molecule has 18 rings (SSSR count). The van der Waals surface area contributed by atoms with E-state index in [9.17, 15) is 55.4 Å². The van der Waals surface area contributed by atoms with Crippen LogP contribution in [0.4, 0.5) is 28.4 Å². The number of fused-ring (bicyclic) bond motifs is 5. The van der Waals surface area contributed by atoms with Crippen molar-refractivity contribution in [1.29, 1.82) is 0 Å². The van der Waals surface area contributed by atoms with E-state index in [0.717, 1.165) is 170 Å². The molecule has 8 aromatic heterocycles. The fraction of sp³-hybridized carbons (Fsp3) is 0.274. The number of nitro groups is 5. The van der Waals surface area contributed by atoms with Gasteiger partial charge in [0.1, 0.15) is 5.78 Å². The molecule has 5 aliphatic carbocycles. The second kappa shape index (κ2) is 37.9. The molecule has 578 valence electrons. The molecule has 8 heterocycles. The number of nitrogens with one attached hydrogen (secondary N) is 4. The predicted octanol–water partition coefficient (Wildman–Crippen LogP) is 22.6. The van der Waals surface area contributed by atoms with E-state index in [2.05, 4.69) is 64.6 Å². The van der Waals surface area contributed by atoms with Gasteiger partial charge in [-0.05, 0) is 214 Å². The van der Waals surface area contributed by atoms with Crippen LogP contribution < -0.4 is 5.46 Å². The lowest BCUT2D eigenvalue weighted by Crippen LogP contribution is -2.27. The number of aromatic nitrogens is 5. The van der Waals surface area contributed by atoms with Crippen molar-refractivity contribution in [3.05, 3.63) is 267 Å². The number of hydrogen-bond donors (Lipinski definition) is 6. The summed E-state index contributed by atoms with van der Waals surface area (Å²) in [6, 6.07) is 32.1. The number of ketones is 1. The lowest BCUT2D eigenvalue weighted by Gasteiger charge is -2.14. The predicted molar refractivity (Wildman–Crippen MR) is 442 cm³/mol. The maximum absolute atomic E-state index is 11.1. The van der Waals surface area contributed by atoms with Gasteiger partial charge in [0.05, 0.1) is 106 Å². The number of carbonyl (C=O) groups excluding carboxylic acids is 1. The Morgan fingerprint density at radius 3 is 1.38 bits per heavy atom. The zero-order valence-electron chi connectivity index (χ0n) is 61.0. The van der Waals surface area contributed by atoms with Gasteiger partial charge in [0, 0.05) is 153 Å². The zero-order chi connectivity index (χ0) is 78.1. The number of benzene rings is 5. The van der Waals surface area contributed by atoms with E-state index in [1.807, 2.05) is 60.3 Å². The molecular weight excluding hydrogens is 1500 g/mol. The number of hydrogen-bond acceptors (Lipinski definition) is 16. The van der Waals surface area contributed by atoms with E-state index in [1.54, 1.807) is 85.8 Å². The van der Waals surface area contributed by atoms with Crippen molar-refractivity contribution in [3.8, 4) is 22.5 Å². The van der Waals surface area contributed by atoms with Crippen LogP contribution in [0.2, 0.25) is 0 Å². The van der Waals surface area contributed by atoms with Crippen molar-refractivity contribution in [1.82, 2.24) is 24.5 Å². The van der Waals surface area contributed by atoms with E-state index in [-0.39, 0.29) is 55.6 Å². The van der Waals surface area contributed by atoms with Crippen molar-refractivity contribution >= 4 is 140 Å². The highest BCUT2D eigenvalue weighted by molar-refractivity contribution is 9.10. The molecule has 0 bridgehead atoms. The number of Topliss-reactive ketones (excluding diaryl/α,β-unsaturated/α-hetero) is 1. The highest BCUT2D eigenvalue weighted by Crippen LogP contribution is 2.44. The number of carbonyl (C=O) groups is 1. The maximum atomic E-state index is 11.1. The summed E-state index contributed by atoms with van der Waals surface area (Å²) < 4.78 is 18.0. The first-order chi connectivity index (χ1) is 53.8. The Bertz CT molecular complexity index is 5630. The molecule has 5 aliphatic rings. The van der Waals surface area contributed by atoms with Gasteiger partial charge in [-0.1, -0.05) is 38.2 Å². The molecule has 0 aliphatic heterocycles. The number of allylic oxidation sites excluding steroid dienone is 8. The fourth-order valence-corrected chi connectivity index (χ4v) is 15.4. The standard InChI is InChI=1S/C19H18N2O3.C18H16N2O3.C14H13BrN2O2.C14H14N2O2.C8H6N2O2.C6H10O.C4H5BO3.CH4/c1-20-17-11-15(21(22)23)7-8-16(17)18(13-5-3-2-4-6-13)19(20)14-9-10-24-12-14;21-20(22)14-6-7-15-16(10-14)19-18(13-8-9-23-11-13)17(15)12-4-2-1-3-5-12;15-14-13(9-4-2-1-3-5-9)11-7-6-10(17(18)19)8-12(11)16-14;17-16(18)11-6-7-12-13(9-15-14(12)8-11)10-4-2-1-3-5-10;11-10(12)7-2-1-6-3-4-9-8(6)5-7;7-6-4-2-1-3-5-6;6-5(7)4-1-2-8-3-4;/h5,7-12H,2-4,6H2,1H3;4,6-11,19H,1-3,5H2;4,6-8,16H,1-3,5H2;4,6-9,15H,1-3,5H2;1-5,9H;1-5H2;1-3,6-7H;1H4. The minimum absolute atomic E-state index is 0. The van der Waals surface area contributed by atoms with Gasteiger partial charge in [0.15, 0.2) is 0 Å². The Morgan fingerprint density at radius 1 is 0.446 bits per heavy atom. The quantitative estimate of drug-likeness (QED) is 0.0376. The van der Waals surface area contributed by atoms with E-state index in [1.165, 1.54) is 122 Å². The number of nitrogens with zero attached hydrogens (tertiary/aromatic N) is 6. The third-order valence-corrected chi connectivity index (χ3v) is 20.9. The number of furan rings is 3. The number of aryl methyl sites for hydroxylation is 1. The van der Waals surface area contributed by atoms with Crippen LogP contribution in [0, 0.1) is 50.6 Å². The monoisotopic (exact) mass is 1580 g/mol. The second-order valence-corrected chi connectivity index (χ2v) is 28.3. The van der Waals surface area contributed by atoms with E-state index < -0.39 is 12.0 Å². The summed E-state index contributed by atoms with van der Waals surface area (Å²) in [5.41, 5.74) is 19.1. The molecule has 0 atom stereocenters. The van der Waals surface area contributed by atoms with Crippen LogP contribution in [0.1, 0.15) is 165 Å². The highest BCUT2D eigenvalue weighted by Gasteiger charge is 2.26. The van der Waals surface area contributed by atoms with Crippen LogP contribution in [0.5, 0.6) is 0 Å². The first-order valence-corrected chi connectivity index (χ1v) is 37.8. The molecule has 5 aromatic carbocycles. The Balaban J connectivity index is 0.000000133. The second-order valence-electron chi connectivity index (χ2n) is 27.6. The summed E-state index contributed by atoms with van der Waals surface area (Å²) in [5, 5.41) is 76.1. The fourth-order valence-electron chi connectivity index (χ4n) is 14.7. The van der Waals surface area contributed by atoms with Gasteiger partial charge >= 0.3 is 7.12 Å². The Hall–Kier alpha value is -12.3. The van der Waals surface area contributed by atoms with E-state index >= 15 is 0 Å². The number of H-pyrrole nitrogens is 4. The molecule has 13 aromatic rings. The van der Waals surface area contributed by atoms with Gasteiger partial charge in [-0.15, -0.1) is 0 Å². The van der Waals surface area contributed by atoms with E-state index in [0.29, 0.717) is 11.2 Å². The summed E-state index contributed by atoms with van der Waals surface area (Å²) >= 11 is 3.54. The molecule has 0 amide bonds. The SMILES string of the molecule is C.Cn1c(-c2ccoc2)c(C2=CCCCC2)c2ccc([N+](=O)[O-])cc21.O=C1CCCCC1.O=[N+]([O-])c1ccc2c(C3=CCCCC3)c(-c3ccoc3)[nH]c2c1.O=[N+]([O-])c1ccc2c(C3=CCCCC3)c(Br)[nH]c2c1.O=[N+]([O-])c1ccc2c(C3=CCCCC3)c[nH]c2c1.O=[N+]([O-])c1ccc2cc[nH]c2c1.OB(O)c1ccoc1. The lowest BCUT2D eigenvalue weighted by atomic mass is 9.83. The summed E-state index contributed by atoms with van der Waals surface area (Å²) in [4.78, 5) is 75.3. The van der Waals surface area contributed by atoms with Gasteiger partial charge in [0.2, 0.25) is 0 Å². The van der Waals surface area contributed by atoms with Crippen molar-refractivity contribution < 1.29 is 52.7 Å². The summed E-state index contributed by atoms with van der Waals surface area (Å²) in [5.74, 6) is 0.464. The summed E-state index contributed by atoms with van der Waals surface area (Å²) in [6.45, 7) is 0. The highest BCUT2D eigenvalue weighted by atomic mass is 79.9. The van der Waals surface area contributed by atoms with Gasteiger partial charge in [0.25, 0.3) is 28.4 Å². The Morgan fingerprint density at radius 2 is 0.893 bits per heavy atom. The molecule has 26 nitrogen and oxygen atoms in total. The third kappa shape index (κ3) is 19.5. The van der Waals surface area contributed by atoms with Crippen molar-refractivity contribution in [3.63, 3.8) is 0 Å². The lowest BCUT2D eigenvalue weighted by molar-refractivity contribution is -0.384. The van der Waals surface area contributed by atoms with Gasteiger partial charge in [-0.3, -0.25) is 55.4 Å². The van der Waals surface area contributed by atoms with Crippen LogP contribution in [0.3, 0.4) is 0 Å². The molecule has 28 heteroatoms. The molecular formula is C84H86BBrN10O16. The van der Waals surface area contributed by atoms with Gasteiger partial charge in [-0.25, -0.2) is 0 Å².